The molecule has 4 aliphatic carbocycles. The van der Waals surface area contributed by atoms with Crippen molar-refractivity contribution in [1.29, 1.82) is 0 Å². The zero-order valence-electron chi connectivity index (χ0n) is 19.3. The molecule has 0 N–H and O–H groups in total. The summed E-state index contributed by atoms with van der Waals surface area (Å²) in [5.41, 5.74) is 4.09. The van der Waals surface area contributed by atoms with Crippen molar-refractivity contribution in [3.8, 4) is 0 Å². The lowest BCUT2D eigenvalue weighted by molar-refractivity contribution is -0.121. The molecule has 1 heteroatoms. The van der Waals surface area contributed by atoms with Crippen LogP contribution in [0.15, 0.2) is 11.1 Å². The quantitative estimate of drug-likeness (QED) is 0.443. The molecule has 1 nitrogen and oxygen atoms in total. The van der Waals surface area contributed by atoms with Crippen molar-refractivity contribution in [2.45, 2.75) is 112 Å². The van der Waals surface area contributed by atoms with Gasteiger partial charge in [0.05, 0.1) is 0 Å². The maximum absolute atomic E-state index is 13.4. The molecule has 0 saturated heterocycles. The van der Waals surface area contributed by atoms with Crippen LogP contribution < -0.4 is 0 Å². The lowest BCUT2D eigenvalue weighted by Gasteiger charge is -2.54. The largest absolute Gasteiger partial charge is 0.299 e. The molecular formula is C27H44O. The van der Waals surface area contributed by atoms with E-state index < -0.39 is 0 Å². The Kier molecular flexibility index (Phi) is 5.60. The van der Waals surface area contributed by atoms with Gasteiger partial charge in [0.15, 0.2) is 0 Å². The van der Waals surface area contributed by atoms with E-state index in [-0.39, 0.29) is 11.3 Å². The van der Waals surface area contributed by atoms with Gasteiger partial charge in [-0.25, -0.2) is 0 Å². The highest BCUT2D eigenvalue weighted by Crippen LogP contribution is 2.65. The number of fused-ring (bicyclic) bond motifs is 4. The first-order valence-electron chi connectivity index (χ1n) is 12.5. The van der Waals surface area contributed by atoms with Crippen molar-refractivity contribution >= 4 is 5.78 Å². The molecule has 0 unspecified atom stereocenters. The molecule has 0 radical (unpaired) electrons. The van der Waals surface area contributed by atoms with Gasteiger partial charge in [-0.3, -0.25) is 4.79 Å². The molecule has 0 aromatic rings. The van der Waals surface area contributed by atoms with Gasteiger partial charge >= 0.3 is 0 Å². The predicted molar refractivity (Wildman–Crippen MR) is 118 cm³/mol. The maximum Gasteiger partial charge on any atom is 0.140 e. The van der Waals surface area contributed by atoms with Crippen molar-refractivity contribution in [3.05, 3.63) is 11.1 Å². The van der Waals surface area contributed by atoms with Crippen molar-refractivity contribution in [2.75, 3.05) is 0 Å². The summed E-state index contributed by atoms with van der Waals surface area (Å²) >= 11 is 0. The summed E-state index contributed by atoms with van der Waals surface area (Å²) in [6, 6.07) is 0. The van der Waals surface area contributed by atoms with Crippen LogP contribution in [-0.4, -0.2) is 5.78 Å². The van der Waals surface area contributed by atoms with E-state index >= 15 is 0 Å². The normalized spacial score (nSPS) is 41.6. The molecule has 0 aromatic heterocycles. The van der Waals surface area contributed by atoms with Gasteiger partial charge in [-0.2, -0.15) is 0 Å². The molecule has 2 saturated carbocycles. The van der Waals surface area contributed by atoms with E-state index in [1.165, 1.54) is 70.6 Å². The third-order valence-corrected chi connectivity index (χ3v) is 9.88. The van der Waals surface area contributed by atoms with Crippen LogP contribution in [0, 0.1) is 40.4 Å². The number of hydrogen-bond donors (Lipinski definition) is 0. The first-order valence-corrected chi connectivity index (χ1v) is 12.5. The third kappa shape index (κ3) is 3.24. The van der Waals surface area contributed by atoms with Crippen molar-refractivity contribution < 1.29 is 4.79 Å². The van der Waals surface area contributed by atoms with Crippen LogP contribution in [0.1, 0.15) is 112 Å². The Labute approximate surface area is 174 Å². The Morgan fingerprint density at radius 2 is 1.79 bits per heavy atom. The van der Waals surface area contributed by atoms with Crippen LogP contribution in [0.25, 0.3) is 0 Å². The van der Waals surface area contributed by atoms with Gasteiger partial charge in [-0.1, -0.05) is 77.9 Å². The van der Waals surface area contributed by atoms with E-state index in [4.69, 9.17) is 0 Å². The highest BCUT2D eigenvalue weighted by molar-refractivity contribution is 5.88. The highest BCUT2D eigenvalue weighted by atomic mass is 16.1. The SMILES string of the molecule is CC(C)CCC[C@@H](C)[C@H]1CC(=O)[C@@H]2C3=C(CC[C@@]21C)[C@@]1(C)CCCC[C@@H]1CC3. The topological polar surface area (TPSA) is 17.1 Å². The minimum Gasteiger partial charge on any atom is -0.299 e. The first-order chi connectivity index (χ1) is 13.3. The number of hydrogen-bond acceptors (Lipinski definition) is 1. The Hall–Kier alpha value is -0.590. The van der Waals surface area contributed by atoms with Crippen LogP contribution in [-0.2, 0) is 4.79 Å². The monoisotopic (exact) mass is 384 g/mol. The average molecular weight is 385 g/mol. The minimum atomic E-state index is 0.241. The molecule has 4 rings (SSSR count). The van der Waals surface area contributed by atoms with Gasteiger partial charge in [0.1, 0.15) is 5.78 Å². The highest BCUT2D eigenvalue weighted by Gasteiger charge is 2.58. The maximum atomic E-state index is 13.4. The molecule has 0 aliphatic heterocycles. The molecule has 0 bridgehead atoms. The zero-order valence-corrected chi connectivity index (χ0v) is 19.3. The van der Waals surface area contributed by atoms with Crippen LogP contribution in [0.5, 0.6) is 0 Å². The fraction of sp³-hybridized carbons (Fsp3) is 0.889. The molecule has 0 amide bonds. The number of carbonyl (C=O) groups excluding carboxylic acids is 1. The third-order valence-electron chi connectivity index (χ3n) is 9.88. The summed E-state index contributed by atoms with van der Waals surface area (Å²) in [7, 11) is 0. The van der Waals surface area contributed by atoms with Gasteiger partial charge in [-0.05, 0) is 73.0 Å². The fourth-order valence-electron chi connectivity index (χ4n) is 8.24. The number of allylic oxidation sites excluding steroid dienone is 2. The van der Waals surface area contributed by atoms with Gasteiger partial charge in [0.25, 0.3) is 0 Å². The molecular weight excluding hydrogens is 340 g/mol. The van der Waals surface area contributed by atoms with E-state index in [0.29, 0.717) is 23.0 Å². The zero-order chi connectivity index (χ0) is 20.1. The second-order valence-electron chi connectivity index (χ2n) is 11.9. The van der Waals surface area contributed by atoms with E-state index in [1.54, 1.807) is 11.1 Å². The summed E-state index contributed by atoms with van der Waals surface area (Å²) in [6.07, 6.45) is 15.6. The van der Waals surface area contributed by atoms with Crippen molar-refractivity contribution in [3.63, 3.8) is 0 Å². The van der Waals surface area contributed by atoms with Crippen LogP contribution in [0.4, 0.5) is 0 Å². The van der Waals surface area contributed by atoms with Gasteiger partial charge < -0.3 is 0 Å². The van der Waals surface area contributed by atoms with E-state index in [2.05, 4.69) is 34.6 Å². The van der Waals surface area contributed by atoms with Gasteiger partial charge in [-0.15, -0.1) is 0 Å². The van der Waals surface area contributed by atoms with E-state index in [1.807, 2.05) is 0 Å². The Bertz CT molecular complexity index is 643. The smallest absolute Gasteiger partial charge is 0.140 e. The van der Waals surface area contributed by atoms with Crippen LogP contribution >= 0.6 is 0 Å². The molecule has 0 heterocycles. The molecule has 0 aromatic carbocycles. The van der Waals surface area contributed by atoms with Gasteiger partial charge in [0.2, 0.25) is 0 Å². The lowest BCUT2D eigenvalue weighted by atomic mass is 9.50. The Morgan fingerprint density at radius 1 is 1.00 bits per heavy atom. The molecule has 28 heavy (non-hydrogen) atoms. The number of ketones is 1. The average Bonchev–Trinajstić information content (AvgIpc) is 2.92. The summed E-state index contributed by atoms with van der Waals surface area (Å²) in [5, 5.41) is 0. The lowest BCUT2D eigenvalue weighted by Crippen LogP contribution is -2.44. The van der Waals surface area contributed by atoms with Crippen molar-refractivity contribution in [2.24, 2.45) is 40.4 Å². The van der Waals surface area contributed by atoms with Crippen molar-refractivity contribution in [1.82, 2.24) is 0 Å². The standard InChI is InChI=1S/C27H44O/c1-18(2)9-8-10-19(3)23-17-24(28)25-21-13-12-20-11-6-7-15-26(20,4)22(21)14-16-27(23,25)5/h18-20,23,25H,6-17H2,1-5H3/t19-,20-,23-,25+,26+,27-/m1/s1. The predicted octanol–water partition coefficient (Wildman–Crippen LogP) is 7.74. The van der Waals surface area contributed by atoms with Gasteiger partial charge in [0, 0.05) is 12.3 Å². The number of carbonyl (C=O) groups is 1. The fourth-order valence-corrected chi connectivity index (χ4v) is 8.24. The second kappa shape index (κ2) is 7.59. The minimum absolute atomic E-state index is 0.241. The molecule has 158 valence electrons. The molecule has 6 atom stereocenters. The van der Waals surface area contributed by atoms with E-state index in [9.17, 15) is 4.79 Å². The van der Waals surface area contributed by atoms with Crippen LogP contribution in [0.2, 0.25) is 0 Å². The number of Topliss-reactive ketones (excluding diaryl/α,β-unsaturated/α-hetero) is 1. The molecule has 4 aliphatic rings. The Balaban J connectivity index is 1.58. The molecule has 2 fully saturated rings. The second-order valence-corrected chi connectivity index (χ2v) is 11.9. The summed E-state index contributed by atoms with van der Waals surface area (Å²) in [6.45, 7) is 12.2. The summed E-state index contributed by atoms with van der Waals surface area (Å²) in [5.74, 6) is 3.88. The summed E-state index contributed by atoms with van der Waals surface area (Å²) in [4.78, 5) is 13.4. The Morgan fingerprint density at radius 3 is 2.54 bits per heavy atom. The summed E-state index contributed by atoms with van der Waals surface area (Å²) < 4.78 is 0. The van der Waals surface area contributed by atoms with Crippen LogP contribution in [0.3, 0.4) is 0 Å². The number of rotatable bonds is 5. The first kappa shape index (κ1) is 20.7. The van der Waals surface area contributed by atoms with E-state index in [0.717, 1.165) is 18.3 Å². The molecule has 0 spiro atoms.